The van der Waals surface area contributed by atoms with Gasteiger partial charge in [0, 0.05) is 12.3 Å². The Bertz CT molecular complexity index is 457. The molecule has 0 unspecified atom stereocenters. The van der Waals surface area contributed by atoms with E-state index < -0.39 is 28.2 Å². The molecule has 1 aromatic rings. The summed E-state index contributed by atoms with van der Waals surface area (Å²) < 4.78 is 42.7. The molecule has 0 atom stereocenters. The molecule has 0 N–H and O–H groups in total. The molecule has 0 saturated heterocycles. The van der Waals surface area contributed by atoms with Crippen LogP contribution in [0.15, 0.2) is 12.3 Å². The van der Waals surface area contributed by atoms with E-state index in [1.54, 1.807) is 0 Å². The van der Waals surface area contributed by atoms with Crippen LogP contribution in [0, 0.1) is 10.1 Å². The molecule has 92 valence electrons. The van der Waals surface area contributed by atoms with Crippen molar-refractivity contribution in [2.45, 2.75) is 25.1 Å². The molecule has 1 aromatic heterocycles. The monoisotopic (exact) mass is 248 g/mol. The number of alkyl halides is 3. The zero-order chi connectivity index (χ0) is 12.6. The summed E-state index contributed by atoms with van der Waals surface area (Å²) in [7, 11) is 0. The number of nitro groups is 1. The molecule has 1 aliphatic rings. The molecular formula is C9H7F3N2O3. The van der Waals surface area contributed by atoms with Gasteiger partial charge in [-0.2, -0.15) is 13.2 Å². The van der Waals surface area contributed by atoms with Crippen LogP contribution in [0.25, 0.3) is 0 Å². The summed E-state index contributed by atoms with van der Waals surface area (Å²) >= 11 is 0. The number of halogens is 3. The summed E-state index contributed by atoms with van der Waals surface area (Å²) in [6.07, 6.45) is -3.19. The Balaban J connectivity index is 2.49. The summed E-state index contributed by atoms with van der Waals surface area (Å²) in [6, 6.07) is 0.896. The molecule has 0 amide bonds. The van der Waals surface area contributed by atoms with Gasteiger partial charge in [0.1, 0.15) is 0 Å². The first-order valence-corrected chi connectivity index (χ1v) is 4.77. The number of nitrogens with zero attached hydrogens (tertiary/aromatic N) is 2. The smallest absolute Gasteiger partial charge is 0.437 e. The topological polar surface area (TPSA) is 65.3 Å². The van der Waals surface area contributed by atoms with Crippen LogP contribution in [-0.4, -0.2) is 16.0 Å². The molecule has 1 heterocycles. The van der Waals surface area contributed by atoms with Gasteiger partial charge in [-0.15, -0.1) is 0 Å². The average molecular weight is 248 g/mol. The summed E-state index contributed by atoms with van der Waals surface area (Å²) in [6.45, 7) is 0. The van der Waals surface area contributed by atoms with Crippen LogP contribution < -0.4 is 4.74 Å². The minimum absolute atomic E-state index is 0.376. The van der Waals surface area contributed by atoms with Crippen molar-refractivity contribution in [2.75, 3.05) is 0 Å². The summed E-state index contributed by atoms with van der Waals surface area (Å²) in [5.41, 5.74) is -2.06. The fourth-order valence-electron chi connectivity index (χ4n) is 1.25. The maximum atomic E-state index is 12.6. The number of pyridine rings is 1. The van der Waals surface area contributed by atoms with E-state index in [0.29, 0.717) is 12.8 Å². The van der Waals surface area contributed by atoms with E-state index >= 15 is 0 Å². The van der Waals surface area contributed by atoms with E-state index in [4.69, 9.17) is 4.74 Å². The lowest BCUT2D eigenvalue weighted by molar-refractivity contribution is -0.386. The van der Waals surface area contributed by atoms with Gasteiger partial charge in [-0.05, 0) is 12.8 Å². The first kappa shape index (κ1) is 11.6. The average Bonchev–Trinajstić information content (AvgIpc) is 3.00. The summed E-state index contributed by atoms with van der Waals surface area (Å²) in [5.74, 6) is -0.785. The Morgan fingerprint density at radius 2 is 2.12 bits per heavy atom. The lowest BCUT2D eigenvalue weighted by Gasteiger charge is -2.12. The van der Waals surface area contributed by atoms with Crippen LogP contribution in [0.2, 0.25) is 0 Å². The van der Waals surface area contributed by atoms with Gasteiger partial charge in [-0.25, -0.2) is 4.98 Å². The summed E-state index contributed by atoms with van der Waals surface area (Å²) in [5, 5.41) is 10.6. The molecule has 0 radical (unpaired) electrons. The Hall–Kier alpha value is -1.86. The largest absolute Gasteiger partial charge is 0.482 e. The standard InChI is InChI=1S/C9H7F3N2O3/c10-9(11,12)8-7(17-5-1-2-5)6(14(15)16)3-4-13-8/h3-5H,1-2H2. The number of hydrogen-bond acceptors (Lipinski definition) is 4. The molecule has 2 rings (SSSR count). The number of aromatic nitrogens is 1. The molecule has 8 heteroatoms. The van der Waals surface area contributed by atoms with E-state index in [2.05, 4.69) is 4.98 Å². The Kier molecular flexibility index (Phi) is 2.64. The van der Waals surface area contributed by atoms with Gasteiger partial charge in [-0.1, -0.05) is 0 Å². The first-order chi connectivity index (χ1) is 7.89. The van der Waals surface area contributed by atoms with Gasteiger partial charge in [0.2, 0.25) is 5.75 Å². The normalized spacial score (nSPS) is 15.7. The Morgan fingerprint density at radius 3 is 2.59 bits per heavy atom. The van der Waals surface area contributed by atoms with Crippen LogP contribution in [-0.2, 0) is 6.18 Å². The third-order valence-electron chi connectivity index (χ3n) is 2.16. The molecule has 1 aliphatic carbocycles. The van der Waals surface area contributed by atoms with Crippen molar-refractivity contribution < 1.29 is 22.8 Å². The quantitative estimate of drug-likeness (QED) is 0.609. The second kappa shape index (κ2) is 3.86. The van der Waals surface area contributed by atoms with Crippen molar-refractivity contribution in [1.29, 1.82) is 0 Å². The Morgan fingerprint density at radius 1 is 1.47 bits per heavy atom. The maximum absolute atomic E-state index is 12.6. The van der Waals surface area contributed by atoms with Gasteiger partial charge >= 0.3 is 11.9 Å². The second-order valence-electron chi connectivity index (χ2n) is 3.58. The highest BCUT2D eigenvalue weighted by atomic mass is 19.4. The summed E-state index contributed by atoms with van der Waals surface area (Å²) in [4.78, 5) is 12.8. The number of rotatable bonds is 3. The fraction of sp³-hybridized carbons (Fsp3) is 0.444. The number of hydrogen-bond donors (Lipinski definition) is 0. The van der Waals surface area contributed by atoms with E-state index in [1.807, 2.05) is 0 Å². The molecule has 0 aliphatic heterocycles. The molecular weight excluding hydrogens is 241 g/mol. The van der Waals surface area contributed by atoms with Crippen molar-refractivity contribution in [1.82, 2.24) is 4.98 Å². The molecule has 1 saturated carbocycles. The van der Waals surface area contributed by atoms with Crippen LogP contribution in [0.5, 0.6) is 5.75 Å². The third-order valence-corrected chi connectivity index (χ3v) is 2.16. The van der Waals surface area contributed by atoms with Crippen molar-refractivity contribution in [3.63, 3.8) is 0 Å². The van der Waals surface area contributed by atoms with Crippen LogP contribution in [0.4, 0.5) is 18.9 Å². The SMILES string of the molecule is O=[N+]([O-])c1ccnc(C(F)(F)F)c1OC1CC1. The van der Waals surface area contributed by atoms with E-state index in [1.165, 1.54) is 0 Å². The van der Waals surface area contributed by atoms with Gasteiger partial charge in [0.05, 0.1) is 11.0 Å². The highest BCUT2D eigenvalue weighted by molar-refractivity contribution is 5.49. The maximum Gasteiger partial charge on any atom is 0.437 e. The van der Waals surface area contributed by atoms with Crippen molar-refractivity contribution >= 4 is 5.69 Å². The van der Waals surface area contributed by atoms with Gasteiger partial charge in [0.25, 0.3) is 0 Å². The van der Waals surface area contributed by atoms with Gasteiger partial charge in [0.15, 0.2) is 5.69 Å². The molecule has 1 fully saturated rings. The van der Waals surface area contributed by atoms with Crippen LogP contribution >= 0.6 is 0 Å². The highest BCUT2D eigenvalue weighted by Crippen LogP contribution is 2.42. The van der Waals surface area contributed by atoms with Crippen molar-refractivity contribution in [3.8, 4) is 5.75 Å². The predicted molar refractivity (Wildman–Crippen MR) is 49.5 cm³/mol. The fourth-order valence-corrected chi connectivity index (χ4v) is 1.25. The Labute approximate surface area is 93.4 Å². The minimum Gasteiger partial charge on any atom is -0.482 e. The minimum atomic E-state index is -4.77. The van der Waals surface area contributed by atoms with E-state index in [-0.39, 0.29) is 6.10 Å². The second-order valence-corrected chi connectivity index (χ2v) is 3.58. The van der Waals surface area contributed by atoms with E-state index in [0.717, 1.165) is 12.3 Å². The van der Waals surface area contributed by atoms with Crippen molar-refractivity contribution in [3.05, 3.63) is 28.1 Å². The molecule has 5 nitrogen and oxygen atoms in total. The molecule has 0 bridgehead atoms. The molecule has 0 aromatic carbocycles. The molecule has 17 heavy (non-hydrogen) atoms. The highest BCUT2D eigenvalue weighted by Gasteiger charge is 2.41. The van der Waals surface area contributed by atoms with E-state index in [9.17, 15) is 23.3 Å². The molecule has 0 spiro atoms. The zero-order valence-electron chi connectivity index (χ0n) is 8.40. The van der Waals surface area contributed by atoms with Crippen molar-refractivity contribution in [2.24, 2.45) is 0 Å². The van der Waals surface area contributed by atoms with Crippen LogP contribution in [0.1, 0.15) is 18.5 Å². The number of ether oxygens (including phenoxy) is 1. The van der Waals surface area contributed by atoms with Crippen LogP contribution in [0.3, 0.4) is 0 Å². The lowest BCUT2D eigenvalue weighted by atomic mass is 10.2. The zero-order valence-corrected chi connectivity index (χ0v) is 8.40. The first-order valence-electron chi connectivity index (χ1n) is 4.77. The van der Waals surface area contributed by atoms with Gasteiger partial charge < -0.3 is 4.74 Å². The van der Waals surface area contributed by atoms with Gasteiger partial charge in [-0.3, -0.25) is 10.1 Å². The lowest BCUT2D eigenvalue weighted by Crippen LogP contribution is -2.13. The third kappa shape index (κ3) is 2.45. The predicted octanol–water partition coefficient (Wildman–Crippen LogP) is 2.55.